The Morgan fingerprint density at radius 3 is 2.42 bits per heavy atom. The lowest BCUT2D eigenvalue weighted by molar-refractivity contribution is -0.118. The zero-order chi connectivity index (χ0) is 19.3. The standard InChI is InChI=1S/C20H22ClFN2O2/c1-3-16(24-12(2)11-17(23)25)14-9-10-15(21)18(19(14)22)20(26)13-7-5-4-6-8-13/h4-10,12,16,24H,3,11H2,1-2H3,(H2,23,25)/t12-,16-/m0/s1. The Balaban J connectivity index is 2.38. The number of carbonyl (C=O) groups excluding carboxylic acids is 2. The Labute approximate surface area is 157 Å². The van der Waals surface area contributed by atoms with Crippen LogP contribution < -0.4 is 11.1 Å². The van der Waals surface area contributed by atoms with Crippen LogP contribution in [0, 0.1) is 5.82 Å². The molecule has 0 aliphatic rings. The normalized spacial score (nSPS) is 13.2. The lowest BCUT2D eigenvalue weighted by Crippen LogP contribution is -2.34. The molecule has 2 atom stereocenters. The van der Waals surface area contributed by atoms with Crippen molar-refractivity contribution in [2.45, 2.75) is 38.8 Å². The number of hydrogen-bond acceptors (Lipinski definition) is 3. The van der Waals surface area contributed by atoms with Gasteiger partial charge in [0, 0.05) is 29.6 Å². The van der Waals surface area contributed by atoms with E-state index in [1.54, 1.807) is 43.3 Å². The molecule has 0 aromatic heterocycles. The van der Waals surface area contributed by atoms with E-state index in [1.165, 1.54) is 6.07 Å². The van der Waals surface area contributed by atoms with Gasteiger partial charge in [0.1, 0.15) is 5.82 Å². The van der Waals surface area contributed by atoms with E-state index in [0.717, 1.165) is 0 Å². The highest BCUT2D eigenvalue weighted by Crippen LogP contribution is 2.30. The molecule has 0 saturated carbocycles. The summed E-state index contributed by atoms with van der Waals surface area (Å²) in [6, 6.07) is 10.9. The van der Waals surface area contributed by atoms with Gasteiger partial charge in [-0.15, -0.1) is 0 Å². The fraction of sp³-hybridized carbons (Fsp3) is 0.300. The van der Waals surface area contributed by atoms with Gasteiger partial charge >= 0.3 is 0 Å². The second-order valence-corrected chi connectivity index (χ2v) is 6.63. The van der Waals surface area contributed by atoms with Crippen molar-refractivity contribution in [1.29, 1.82) is 0 Å². The Kier molecular flexibility index (Phi) is 6.89. The number of amides is 1. The van der Waals surface area contributed by atoms with E-state index in [0.29, 0.717) is 17.5 Å². The molecule has 0 radical (unpaired) electrons. The van der Waals surface area contributed by atoms with Crippen LogP contribution in [0.15, 0.2) is 42.5 Å². The molecule has 4 nitrogen and oxygen atoms in total. The van der Waals surface area contributed by atoms with Gasteiger partial charge in [-0.3, -0.25) is 9.59 Å². The summed E-state index contributed by atoms with van der Waals surface area (Å²) in [5.41, 5.74) is 5.78. The minimum absolute atomic E-state index is 0.0696. The van der Waals surface area contributed by atoms with Gasteiger partial charge in [-0.2, -0.15) is 0 Å². The van der Waals surface area contributed by atoms with E-state index in [-0.39, 0.29) is 29.1 Å². The average Bonchev–Trinajstić information content (AvgIpc) is 2.60. The SMILES string of the molecule is CC[C@H](N[C@@H](C)CC(N)=O)c1ccc(Cl)c(C(=O)c2ccccc2)c1F. The topological polar surface area (TPSA) is 72.2 Å². The van der Waals surface area contributed by atoms with Crippen LogP contribution in [0.4, 0.5) is 4.39 Å². The molecule has 0 saturated heterocycles. The molecule has 0 aliphatic heterocycles. The van der Waals surface area contributed by atoms with Crippen LogP contribution in [-0.4, -0.2) is 17.7 Å². The summed E-state index contributed by atoms with van der Waals surface area (Å²) in [5.74, 6) is -1.54. The molecule has 0 fully saturated rings. The van der Waals surface area contributed by atoms with E-state index >= 15 is 4.39 Å². The van der Waals surface area contributed by atoms with Crippen molar-refractivity contribution >= 4 is 23.3 Å². The maximum atomic E-state index is 15.2. The van der Waals surface area contributed by atoms with Gasteiger partial charge in [-0.05, 0) is 19.4 Å². The molecule has 1 amide bonds. The second kappa shape index (κ2) is 8.92. The van der Waals surface area contributed by atoms with E-state index in [9.17, 15) is 9.59 Å². The summed E-state index contributed by atoms with van der Waals surface area (Å²) in [5, 5.41) is 3.25. The molecular formula is C20H22ClFN2O2. The molecule has 6 heteroatoms. The maximum absolute atomic E-state index is 15.2. The van der Waals surface area contributed by atoms with Crippen molar-refractivity contribution in [2.75, 3.05) is 0 Å². The van der Waals surface area contributed by atoms with E-state index < -0.39 is 17.5 Å². The van der Waals surface area contributed by atoms with Crippen LogP contribution in [0.3, 0.4) is 0 Å². The molecule has 2 rings (SSSR count). The average molecular weight is 377 g/mol. The third-order valence-corrected chi connectivity index (χ3v) is 4.48. The van der Waals surface area contributed by atoms with Crippen LogP contribution in [-0.2, 0) is 4.79 Å². The number of hydrogen-bond donors (Lipinski definition) is 2. The van der Waals surface area contributed by atoms with Crippen molar-refractivity contribution in [1.82, 2.24) is 5.32 Å². The fourth-order valence-corrected chi connectivity index (χ4v) is 3.14. The molecule has 0 spiro atoms. The third-order valence-electron chi connectivity index (χ3n) is 4.16. The number of ketones is 1. The first-order valence-electron chi connectivity index (χ1n) is 8.47. The van der Waals surface area contributed by atoms with E-state index in [1.807, 2.05) is 6.92 Å². The van der Waals surface area contributed by atoms with E-state index in [4.69, 9.17) is 17.3 Å². The highest BCUT2D eigenvalue weighted by molar-refractivity contribution is 6.35. The summed E-state index contributed by atoms with van der Waals surface area (Å²) in [6.45, 7) is 3.69. The summed E-state index contributed by atoms with van der Waals surface area (Å²) < 4.78 is 15.2. The van der Waals surface area contributed by atoms with Crippen LogP contribution >= 0.6 is 11.6 Å². The highest BCUT2D eigenvalue weighted by atomic mass is 35.5. The molecule has 2 aromatic carbocycles. The zero-order valence-corrected chi connectivity index (χ0v) is 15.5. The molecule has 0 bridgehead atoms. The van der Waals surface area contributed by atoms with Crippen LogP contribution in [0.1, 0.15) is 54.2 Å². The molecule has 0 heterocycles. The number of benzene rings is 2. The summed E-state index contributed by atoms with van der Waals surface area (Å²) in [6.07, 6.45) is 0.710. The van der Waals surface area contributed by atoms with Crippen LogP contribution in [0.25, 0.3) is 0 Å². The zero-order valence-electron chi connectivity index (χ0n) is 14.8. The van der Waals surface area contributed by atoms with Crippen molar-refractivity contribution in [3.63, 3.8) is 0 Å². The molecule has 26 heavy (non-hydrogen) atoms. The minimum Gasteiger partial charge on any atom is -0.370 e. The largest absolute Gasteiger partial charge is 0.370 e. The number of nitrogens with one attached hydrogen (secondary N) is 1. The summed E-state index contributed by atoms with van der Waals surface area (Å²) in [7, 11) is 0. The Morgan fingerprint density at radius 2 is 1.85 bits per heavy atom. The second-order valence-electron chi connectivity index (χ2n) is 6.22. The maximum Gasteiger partial charge on any atom is 0.218 e. The first-order chi connectivity index (χ1) is 12.3. The predicted molar refractivity (Wildman–Crippen MR) is 101 cm³/mol. The van der Waals surface area contributed by atoms with Gasteiger partial charge in [-0.25, -0.2) is 4.39 Å². The first-order valence-corrected chi connectivity index (χ1v) is 8.84. The number of nitrogens with two attached hydrogens (primary N) is 1. The lowest BCUT2D eigenvalue weighted by Gasteiger charge is -2.23. The fourth-order valence-electron chi connectivity index (χ4n) is 2.91. The van der Waals surface area contributed by atoms with Gasteiger partial charge in [0.05, 0.1) is 10.6 Å². The van der Waals surface area contributed by atoms with Gasteiger partial charge in [0.25, 0.3) is 0 Å². The van der Waals surface area contributed by atoms with Crippen molar-refractivity contribution in [3.05, 3.63) is 70.0 Å². The Morgan fingerprint density at radius 1 is 1.19 bits per heavy atom. The monoisotopic (exact) mass is 376 g/mol. The Hall–Kier alpha value is -2.24. The van der Waals surface area contributed by atoms with Crippen molar-refractivity contribution in [3.8, 4) is 0 Å². The van der Waals surface area contributed by atoms with E-state index in [2.05, 4.69) is 5.32 Å². The number of carbonyl (C=O) groups is 2. The van der Waals surface area contributed by atoms with Gasteiger partial charge in [0.15, 0.2) is 5.78 Å². The highest BCUT2D eigenvalue weighted by Gasteiger charge is 2.24. The Bertz CT molecular complexity index is 796. The summed E-state index contributed by atoms with van der Waals surface area (Å²) >= 11 is 6.13. The predicted octanol–water partition coefficient (Wildman–Crippen LogP) is 4.01. The van der Waals surface area contributed by atoms with Crippen LogP contribution in [0.5, 0.6) is 0 Å². The molecule has 2 aromatic rings. The molecular weight excluding hydrogens is 355 g/mol. The van der Waals surface area contributed by atoms with Gasteiger partial charge in [0.2, 0.25) is 5.91 Å². The van der Waals surface area contributed by atoms with Crippen molar-refractivity contribution < 1.29 is 14.0 Å². The lowest BCUT2D eigenvalue weighted by atomic mass is 9.95. The quantitative estimate of drug-likeness (QED) is 0.683. The summed E-state index contributed by atoms with van der Waals surface area (Å²) in [4.78, 5) is 23.8. The number of primary amides is 1. The molecule has 3 N–H and O–H groups in total. The smallest absolute Gasteiger partial charge is 0.218 e. The minimum atomic E-state index is -0.642. The van der Waals surface area contributed by atoms with Gasteiger partial charge in [-0.1, -0.05) is 54.9 Å². The molecule has 138 valence electrons. The molecule has 0 aliphatic carbocycles. The van der Waals surface area contributed by atoms with Gasteiger partial charge < -0.3 is 11.1 Å². The van der Waals surface area contributed by atoms with Crippen LogP contribution in [0.2, 0.25) is 5.02 Å². The third kappa shape index (κ3) is 4.68. The van der Waals surface area contributed by atoms with Crippen molar-refractivity contribution in [2.24, 2.45) is 5.73 Å². The first kappa shape index (κ1) is 20.1. The molecule has 0 unspecified atom stereocenters. The number of halogens is 2. The number of rotatable bonds is 8.